The van der Waals surface area contributed by atoms with Gasteiger partial charge in [0.15, 0.2) is 16.6 Å². The van der Waals surface area contributed by atoms with Gasteiger partial charge in [0.05, 0.1) is 36.6 Å². The molecule has 2 aromatic heterocycles. The van der Waals surface area contributed by atoms with Gasteiger partial charge >= 0.3 is 5.97 Å². The number of nitrogens with zero attached hydrogens (tertiary/aromatic N) is 4. The standard InChI is InChI=1S/C22H26N4O4S/c1-3-28-20(27)17-13-15(2)26(24-17)14-16-5-4-6-18-19(16)23-21(31-18)25-9-7-22(8-10-25)29-11-12-30-22/h4-6,13H,3,7-12,14H2,1-2H3. The molecule has 8 nitrogen and oxygen atoms in total. The van der Waals surface area contributed by atoms with Crippen LogP contribution in [0.1, 0.15) is 41.5 Å². The Hall–Kier alpha value is -2.49. The Kier molecular flexibility index (Phi) is 5.41. The molecule has 2 fully saturated rings. The van der Waals surface area contributed by atoms with E-state index in [2.05, 4.69) is 28.2 Å². The summed E-state index contributed by atoms with van der Waals surface area (Å²) in [7, 11) is 0. The summed E-state index contributed by atoms with van der Waals surface area (Å²) in [6.07, 6.45) is 1.72. The molecule has 2 aliphatic heterocycles. The molecule has 0 atom stereocenters. The fraction of sp³-hybridized carbons (Fsp3) is 0.500. The van der Waals surface area contributed by atoms with Crippen molar-refractivity contribution in [2.24, 2.45) is 0 Å². The molecule has 2 saturated heterocycles. The average Bonchev–Trinajstić information content (AvgIpc) is 3.49. The molecule has 2 aliphatic rings. The summed E-state index contributed by atoms with van der Waals surface area (Å²) < 4.78 is 19.7. The van der Waals surface area contributed by atoms with E-state index in [4.69, 9.17) is 19.2 Å². The second kappa shape index (κ2) is 8.22. The fourth-order valence-electron chi connectivity index (χ4n) is 4.22. The van der Waals surface area contributed by atoms with Crippen molar-refractivity contribution >= 4 is 32.7 Å². The highest BCUT2D eigenvalue weighted by molar-refractivity contribution is 7.22. The summed E-state index contributed by atoms with van der Waals surface area (Å²) in [6, 6.07) is 7.99. The van der Waals surface area contributed by atoms with E-state index in [0.717, 1.165) is 52.5 Å². The monoisotopic (exact) mass is 442 g/mol. The van der Waals surface area contributed by atoms with Crippen LogP contribution in [0.3, 0.4) is 0 Å². The highest BCUT2D eigenvalue weighted by Crippen LogP contribution is 2.36. The van der Waals surface area contributed by atoms with Gasteiger partial charge in [-0.1, -0.05) is 23.5 Å². The summed E-state index contributed by atoms with van der Waals surface area (Å²) in [5, 5.41) is 5.47. The van der Waals surface area contributed by atoms with Crippen molar-refractivity contribution in [1.29, 1.82) is 0 Å². The van der Waals surface area contributed by atoms with Crippen molar-refractivity contribution in [3.63, 3.8) is 0 Å². The molecule has 4 heterocycles. The van der Waals surface area contributed by atoms with E-state index in [1.807, 2.05) is 11.6 Å². The molecule has 5 rings (SSSR count). The van der Waals surface area contributed by atoms with E-state index in [1.165, 1.54) is 0 Å². The van der Waals surface area contributed by atoms with Crippen LogP contribution in [0.5, 0.6) is 0 Å². The number of anilines is 1. The van der Waals surface area contributed by atoms with Crippen molar-refractivity contribution in [3.05, 3.63) is 41.2 Å². The van der Waals surface area contributed by atoms with Gasteiger partial charge in [0.2, 0.25) is 0 Å². The highest BCUT2D eigenvalue weighted by Gasteiger charge is 2.40. The van der Waals surface area contributed by atoms with E-state index in [9.17, 15) is 4.79 Å². The lowest BCUT2D eigenvalue weighted by molar-refractivity contribution is -0.169. The largest absolute Gasteiger partial charge is 0.461 e. The lowest BCUT2D eigenvalue weighted by atomic mass is 10.0. The molecule has 0 saturated carbocycles. The van der Waals surface area contributed by atoms with Gasteiger partial charge < -0.3 is 19.1 Å². The van der Waals surface area contributed by atoms with Crippen LogP contribution >= 0.6 is 11.3 Å². The van der Waals surface area contributed by atoms with Crippen LogP contribution in [-0.2, 0) is 20.8 Å². The van der Waals surface area contributed by atoms with Crippen LogP contribution in [-0.4, -0.2) is 59.4 Å². The number of thiazole rings is 1. The SMILES string of the molecule is CCOC(=O)c1cc(C)n(Cc2cccc3sc(N4CCC5(CC4)OCCO5)nc23)n1. The summed E-state index contributed by atoms with van der Waals surface area (Å²) >= 11 is 1.71. The van der Waals surface area contributed by atoms with Crippen molar-refractivity contribution in [2.75, 3.05) is 37.8 Å². The summed E-state index contributed by atoms with van der Waals surface area (Å²) in [4.78, 5) is 19.3. The predicted molar refractivity (Wildman–Crippen MR) is 118 cm³/mol. The zero-order valence-electron chi connectivity index (χ0n) is 17.8. The Morgan fingerprint density at radius 2 is 2.03 bits per heavy atom. The molecule has 0 bridgehead atoms. The zero-order chi connectivity index (χ0) is 21.4. The minimum Gasteiger partial charge on any atom is -0.461 e. The molecule has 0 aliphatic carbocycles. The lowest BCUT2D eigenvalue weighted by Crippen LogP contribution is -2.45. The first kappa shape index (κ1) is 20.4. The number of piperidine rings is 1. The third kappa shape index (κ3) is 3.93. The normalized spacial score (nSPS) is 18.2. The molecule has 0 amide bonds. The van der Waals surface area contributed by atoms with Crippen molar-refractivity contribution in [3.8, 4) is 0 Å². The molecule has 1 spiro atoms. The number of ether oxygens (including phenoxy) is 3. The van der Waals surface area contributed by atoms with E-state index < -0.39 is 5.97 Å². The van der Waals surface area contributed by atoms with Gasteiger partial charge in [0, 0.05) is 37.2 Å². The highest BCUT2D eigenvalue weighted by atomic mass is 32.1. The van der Waals surface area contributed by atoms with Crippen LogP contribution in [0, 0.1) is 6.92 Å². The molecule has 9 heteroatoms. The third-order valence-electron chi connectivity index (χ3n) is 5.89. The zero-order valence-corrected chi connectivity index (χ0v) is 18.6. The Labute approximate surface area is 184 Å². The minimum absolute atomic E-state index is 0.335. The van der Waals surface area contributed by atoms with E-state index in [-0.39, 0.29) is 5.79 Å². The number of carbonyl (C=O) groups is 1. The molecule has 0 N–H and O–H groups in total. The average molecular weight is 443 g/mol. The number of esters is 1. The van der Waals surface area contributed by atoms with E-state index in [0.29, 0.717) is 32.1 Å². The number of benzene rings is 1. The number of para-hydroxylation sites is 1. The van der Waals surface area contributed by atoms with Crippen LogP contribution in [0.2, 0.25) is 0 Å². The maximum atomic E-state index is 12.0. The van der Waals surface area contributed by atoms with Gasteiger partial charge in [0.25, 0.3) is 0 Å². The second-order valence-corrected chi connectivity index (χ2v) is 8.91. The number of carbonyl (C=O) groups excluding carboxylic acids is 1. The second-order valence-electron chi connectivity index (χ2n) is 7.90. The Bertz CT molecular complexity index is 1090. The summed E-state index contributed by atoms with van der Waals surface area (Å²) in [5.41, 5.74) is 3.32. The first-order valence-electron chi connectivity index (χ1n) is 10.7. The van der Waals surface area contributed by atoms with Crippen molar-refractivity contribution < 1.29 is 19.0 Å². The van der Waals surface area contributed by atoms with Crippen molar-refractivity contribution in [1.82, 2.24) is 14.8 Å². The van der Waals surface area contributed by atoms with Gasteiger partial charge in [-0.3, -0.25) is 4.68 Å². The quantitative estimate of drug-likeness (QED) is 0.561. The molecule has 3 aromatic rings. The number of hydrogen-bond acceptors (Lipinski definition) is 8. The lowest BCUT2D eigenvalue weighted by Gasteiger charge is -2.37. The van der Waals surface area contributed by atoms with Gasteiger partial charge in [-0.15, -0.1) is 0 Å². The molecular formula is C22H26N4O4S. The Morgan fingerprint density at radius 1 is 1.26 bits per heavy atom. The van der Waals surface area contributed by atoms with Gasteiger partial charge in [-0.25, -0.2) is 9.78 Å². The first-order chi connectivity index (χ1) is 15.1. The maximum absolute atomic E-state index is 12.0. The topological polar surface area (TPSA) is 78.7 Å². The van der Waals surface area contributed by atoms with Crippen LogP contribution < -0.4 is 4.90 Å². The summed E-state index contributed by atoms with van der Waals surface area (Å²) in [6.45, 7) is 7.74. The summed E-state index contributed by atoms with van der Waals surface area (Å²) in [5.74, 6) is -0.774. The fourth-order valence-corrected chi connectivity index (χ4v) is 5.28. The molecule has 1 aromatic carbocycles. The number of aromatic nitrogens is 3. The number of hydrogen-bond donors (Lipinski definition) is 0. The Balaban J connectivity index is 1.36. The van der Waals surface area contributed by atoms with Crippen molar-refractivity contribution in [2.45, 2.75) is 39.0 Å². The van der Waals surface area contributed by atoms with Crippen LogP contribution in [0.4, 0.5) is 5.13 Å². The third-order valence-corrected chi connectivity index (χ3v) is 6.97. The maximum Gasteiger partial charge on any atom is 0.358 e. The van der Waals surface area contributed by atoms with E-state index >= 15 is 0 Å². The van der Waals surface area contributed by atoms with Gasteiger partial charge in [-0.05, 0) is 26.0 Å². The molecular weight excluding hydrogens is 416 g/mol. The predicted octanol–water partition coefficient (Wildman–Crippen LogP) is 3.37. The number of rotatable bonds is 5. The van der Waals surface area contributed by atoms with Gasteiger partial charge in [0.1, 0.15) is 0 Å². The molecule has 0 radical (unpaired) electrons. The van der Waals surface area contributed by atoms with Crippen LogP contribution in [0.15, 0.2) is 24.3 Å². The van der Waals surface area contributed by atoms with Crippen LogP contribution in [0.25, 0.3) is 10.2 Å². The molecule has 31 heavy (non-hydrogen) atoms. The minimum atomic E-state index is -0.392. The Morgan fingerprint density at radius 3 is 2.77 bits per heavy atom. The number of aryl methyl sites for hydroxylation is 1. The molecule has 164 valence electrons. The first-order valence-corrected chi connectivity index (χ1v) is 11.5. The van der Waals surface area contributed by atoms with E-state index in [1.54, 1.807) is 24.3 Å². The van der Waals surface area contributed by atoms with Gasteiger partial charge in [-0.2, -0.15) is 5.10 Å². The molecule has 0 unspecified atom stereocenters. The number of fused-ring (bicyclic) bond motifs is 1. The smallest absolute Gasteiger partial charge is 0.358 e.